The van der Waals surface area contributed by atoms with Gasteiger partial charge in [0.15, 0.2) is 6.61 Å². The number of carbonyl (C=O) groups is 5. The molecule has 2 aliphatic carbocycles. The lowest BCUT2D eigenvalue weighted by Crippen LogP contribution is -2.38. The van der Waals surface area contributed by atoms with E-state index in [1.165, 1.54) is 24.3 Å². The van der Waals surface area contributed by atoms with Crippen LogP contribution in [0.4, 0.5) is 5.69 Å². The van der Waals surface area contributed by atoms with Crippen molar-refractivity contribution >= 4 is 58.5 Å². The second-order valence-electron chi connectivity index (χ2n) is 9.54. The molecule has 2 saturated carbocycles. The smallest absolute Gasteiger partial charge is 0.338 e. The van der Waals surface area contributed by atoms with Crippen LogP contribution in [-0.4, -0.2) is 65.1 Å². The van der Waals surface area contributed by atoms with Gasteiger partial charge in [0, 0.05) is 5.69 Å². The Morgan fingerprint density at radius 2 is 1.57 bits per heavy atom. The Kier molecular flexibility index (Phi) is 7.38. The molecule has 0 radical (unpaired) electrons. The number of alkyl halides is 2. The van der Waals surface area contributed by atoms with Crippen molar-refractivity contribution in [3.63, 3.8) is 0 Å². The van der Waals surface area contributed by atoms with E-state index in [4.69, 9.17) is 32.7 Å². The standard InChI is InChI=1S/C24H26Cl2N2O7/c1-11(2)9-35-24(33)12-3-5-13(6-4-12)27-16(29)10-34-17(30)8-28-22(31)18-14-7-15(19(18)23(28)32)21(26)20(14)25/h3-6,11,14-15,18-21H,7-10H2,1-2H3,(H,27,29)/t14-,15-,18-,19-,20-,21+/m1/s1. The summed E-state index contributed by atoms with van der Waals surface area (Å²) in [6.07, 6.45) is 0.633. The van der Waals surface area contributed by atoms with Crippen LogP contribution in [0.5, 0.6) is 0 Å². The number of likely N-dealkylation sites (tertiary alicyclic amines) is 1. The van der Waals surface area contributed by atoms with Gasteiger partial charge in [0.2, 0.25) is 11.8 Å². The molecule has 9 nitrogen and oxygen atoms in total. The molecule has 188 valence electrons. The first-order chi connectivity index (χ1) is 16.6. The minimum atomic E-state index is -0.873. The molecule has 0 spiro atoms. The number of amides is 3. The summed E-state index contributed by atoms with van der Waals surface area (Å²) >= 11 is 12.6. The molecule has 1 heterocycles. The Balaban J connectivity index is 1.24. The third-order valence-corrected chi connectivity index (χ3v) is 8.00. The number of nitrogens with one attached hydrogen (secondary N) is 1. The molecule has 35 heavy (non-hydrogen) atoms. The molecule has 0 unspecified atom stereocenters. The number of anilines is 1. The quantitative estimate of drug-likeness (QED) is 0.315. The van der Waals surface area contributed by atoms with E-state index in [1.807, 2.05) is 13.8 Å². The molecule has 6 atom stereocenters. The number of fused-ring (bicyclic) bond motifs is 5. The number of hydrogen-bond acceptors (Lipinski definition) is 7. The fourth-order valence-corrected chi connectivity index (χ4v) is 5.99. The van der Waals surface area contributed by atoms with Crippen LogP contribution in [-0.2, 0) is 28.7 Å². The van der Waals surface area contributed by atoms with Crippen molar-refractivity contribution < 1.29 is 33.4 Å². The van der Waals surface area contributed by atoms with Crippen LogP contribution in [0.1, 0.15) is 30.6 Å². The Hall–Kier alpha value is -2.65. The number of halogens is 2. The van der Waals surface area contributed by atoms with Gasteiger partial charge in [-0.3, -0.25) is 24.1 Å². The van der Waals surface area contributed by atoms with Crippen molar-refractivity contribution in [1.82, 2.24) is 4.90 Å². The molecule has 1 aliphatic heterocycles. The van der Waals surface area contributed by atoms with Crippen LogP contribution in [0.15, 0.2) is 24.3 Å². The molecule has 4 rings (SSSR count). The average Bonchev–Trinajstić information content (AvgIpc) is 3.43. The van der Waals surface area contributed by atoms with E-state index in [2.05, 4.69) is 5.32 Å². The zero-order valence-corrected chi connectivity index (χ0v) is 20.8. The predicted octanol–water partition coefficient (Wildman–Crippen LogP) is 2.45. The maximum Gasteiger partial charge on any atom is 0.338 e. The van der Waals surface area contributed by atoms with Crippen molar-refractivity contribution in [2.24, 2.45) is 29.6 Å². The predicted molar refractivity (Wildman–Crippen MR) is 126 cm³/mol. The van der Waals surface area contributed by atoms with Gasteiger partial charge in [-0.15, -0.1) is 23.2 Å². The third-order valence-electron chi connectivity index (χ3n) is 6.68. The Morgan fingerprint density at radius 1 is 1.00 bits per heavy atom. The van der Waals surface area contributed by atoms with E-state index in [0.717, 1.165) is 4.90 Å². The maximum atomic E-state index is 12.8. The SMILES string of the molecule is CC(C)COC(=O)c1ccc(NC(=O)COC(=O)CN2C(=O)[C@@H]3[C@H]4C[C@@H]([C@@H](Cl)[C@H]4Cl)[C@H]3C2=O)cc1. The van der Waals surface area contributed by atoms with E-state index in [1.54, 1.807) is 0 Å². The first kappa shape index (κ1) is 25.4. The molecular weight excluding hydrogens is 499 g/mol. The summed E-state index contributed by atoms with van der Waals surface area (Å²) in [6.45, 7) is 3.00. The molecule has 1 aromatic rings. The first-order valence-electron chi connectivity index (χ1n) is 11.4. The normalized spacial score (nSPS) is 28.9. The number of esters is 2. The second-order valence-corrected chi connectivity index (χ2v) is 10.6. The Labute approximate surface area is 212 Å². The van der Waals surface area contributed by atoms with Crippen LogP contribution < -0.4 is 5.32 Å². The highest BCUT2D eigenvalue weighted by Gasteiger charge is 2.66. The fourth-order valence-electron chi connectivity index (χ4n) is 5.10. The highest BCUT2D eigenvalue weighted by atomic mass is 35.5. The molecular formula is C24H26Cl2N2O7. The minimum Gasteiger partial charge on any atom is -0.462 e. The Bertz CT molecular complexity index is 1010. The van der Waals surface area contributed by atoms with Crippen molar-refractivity contribution in [2.45, 2.75) is 31.0 Å². The van der Waals surface area contributed by atoms with E-state index in [9.17, 15) is 24.0 Å². The summed E-state index contributed by atoms with van der Waals surface area (Å²) < 4.78 is 10.1. The summed E-state index contributed by atoms with van der Waals surface area (Å²) in [5.41, 5.74) is 0.736. The van der Waals surface area contributed by atoms with Gasteiger partial charge in [0.1, 0.15) is 6.54 Å². The van der Waals surface area contributed by atoms with E-state index >= 15 is 0 Å². The van der Waals surface area contributed by atoms with Crippen molar-refractivity contribution in [2.75, 3.05) is 25.1 Å². The number of carbonyl (C=O) groups excluding carboxylic acids is 5. The molecule has 1 N–H and O–H groups in total. The third kappa shape index (κ3) is 5.02. The van der Waals surface area contributed by atoms with Crippen molar-refractivity contribution in [3.8, 4) is 0 Å². The molecule has 3 fully saturated rings. The summed E-state index contributed by atoms with van der Waals surface area (Å²) in [7, 11) is 0. The van der Waals surface area contributed by atoms with E-state index in [0.29, 0.717) is 24.3 Å². The van der Waals surface area contributed by atoms with Gasteiger partial charge in [0.05, 0.1) is 34.8 Å². The van der Waals surface area contributed by atoms with Crippen molar-refractivity contribution in [3.05, 3.63) is 29.8 Å². The lowest BCUT2D eigenvalue weighted by Gasteiger charge is -2.28. The largest absolute Gasteiger partial charge is 0.462 e. The number of nitrogens with zero attached hydrogens (tertiary/aromatic N) is 1. The molecule has 3 amide bonds. The average molecular weight is 525 g/mol. The number of ether oxygens (including phenoxy) is 2. The number of imide groups is 1. The van der Waals surface area contributed by atoms with Crippen molar-refractivity contribution in [1.29, 1.82) is 0 Å². The zero-order valence-electron chi connectivity index (χ0n) is 19.2. The highest BCUT2D eigenvalue weighted by molar-refractivity contribution is 6.31. The summed E-state index contributed by atoms with van der Waals surface area (Å²) in [6, 6.07) is 6.06. The van der Waals surface area contributed by atoms with E-state index < -0.39 is 54.6 Å². The molecule has 1 aromatic carbocycles. The number of rotatable bonds is 8. The molecule has 0 aromatic heterocycles. The van der Waals surface area contributed by atoms with Gasteiger partial charge in [-0.2, -0.15) is 0 Å². The van der Waals surface area contributed by atoms with Gasteiger partial charge >= 0.3 is 11.9 Å². The molecule has 1 saturated heterocycles. The summed E-state index contributed by atoms with van der Waals surface area (Å²) in [5.74, 6) is -4.06. The molecule has 3 aliphatic rings. The van der Waals surface area contributed by atoms with Gasteiger partial charge in [0.25, 0.3) is 5.91 Å². The highest BCUT2D eigenvalue weighted by Crippen LogP contribution is 2.59. The zero-order chi connectivity index (χ0) is 25.4. The van der Waals surface area contributed by atoms with E-state index in [-0.39, 0.29) is 28.5 Å². The van der Waals surface area contributed by atoms with Crippen LogP contribution in [0, 0.1) is 29.6 Å². The summed E-state index contributed by atoms with van der Waals surface area (Å²) in [5, 5.41) is 1.78. The van der Waals surface area contributed by atoms with Gasteiger partial charge in [-0.1, -0.05) is 13.8 Å². The van der Waals surface area contributed by atoms with Gasteiger partial charge in [-0.25, -0.2) is 4.79 Å². The number of benzene rings is 1. The van der Waals surface area contributed by atoms with Crippen LogP contribution in [0.3, 0.4) is 0 Å². The fraction of sp³-hybridized carbons (Fsp3) is 0.542. The topological polar surface area (TPSA) is 119 Å². The van der Waals surface area contributed by atoms with Gasteiger partial charge in [-0.05, 0) is 48.4 Å². The first-order valence-corrected chi connectivity index (χ1v) is 12.3. The molecule has 11 heteroatoms. The monoisotopic (exact) mass is 524 g/mol. The second kappa shape index (κ2) is 10.1. The van der Waals surface area contributed by atoms with Crippen LogP contribution in [0.25, 0.3) is 0 Å². The maximum absolute atomic E-state index is 12.8. The minimum absolute atomic E-state index is 0.180. The Morgan fingerprint density at radius 3 is 2.11 bits per heavy atom. The molecule has 2 bridgehead atoms. The lowest BCUT2D eigenvalue weighted by molar-refractivity contribution is -0.154. The summed E-state index contributed by atoms with van der Waals surface area (Å²) in [4.78, 5) is 62.8. The number of hydrogen-bond donors (Lipinski definition) is 1. The van der Waals surface area contributed by atoms with Crippen LogP contribution >= 0.6 is 23.2 Å². The lowest BCUT2D eigenvalue weighted by atomic mass is 9.80. The van der Waals surface area contributed by atoms with Gasteiger partial charge < -0.3 is 14.8 Å². The van der Waals surface area contributed by atoms with Crippen LogP contribution in [0.2, 0.25) is 0 Å².